The van der Waals surface area contributed by atoms with Gasteiger partial charge in [-0.3, -0.25) is 9.69 Å². The van der Waals surface area contributed by atoms with Crippen molar-refractivity contribution in [2.75, 3.05) is 19.8 Å². The smallest absolute Gasteiger partial charge is 0.295 e. The first kappa shape index (κ1) is 16.9. The van der Waals surface area contributed by atoms with Crippen LogP contribution in [0.3, 0.4) is 0 Å². The van der Waals surface area contributed by atoms with Gasteiger partial charge in [0.2, 0.25) is 5.91 Å². The summed E-state index contributed by atoms with van der Waals surface area (Å²) >= 11 is 0. The zero-order chi connectivity index (χ0) is 14.9. The summed E-state index contributed by atoms with van der Waals surface area (Å²) in [6.45, 7) is 4.85. The SMILES string of the molecule is Cc1ccc[n+](C[N+]2(CN3CCCC3=O)CCCC2=O)c1.Cl. The van der Waals surface area contributed by atoms with Crippen LogP contribution in [-0.4, -0.2) is 41.0 Å². The van der Waals surface area contributed by atoms with Crippen LogP contribution < -0.4 is 4.57 Å². The number of likely N-dealkylation sites (tertiary alicyclic amines) is 2. The van der Waals surface area contributed by atoms with Gasteiger partial charge in [-0.2, -0.15) is 9.05 Å². The number of hydrogen-bond donors (Lipinski definition) is 0. The van der Waals surface area contributed by atoms with Gasteiger partial charge in [-0.05, 0) is 19.4 Å². The van der Waals surface area contributed by atoms with Crippen LogP contribution >= 0.6 is 12.4 Å². The predicted molar refractivity (Wildman–Crippen MR) is 83.8 cm³/mol. The molecule has 2 fully saturated rings. The highest BCUT2D eigenvalue weighted by Crippen LogP contribution is 2.24. The van der Waals surface area contributed by atoms with Crippen molar-refractivity contribution in [2.45, 2.75) is 39.3 Å². The minimum atomic E-state index is 0. The fourth-order valence-electron chi connectivity index (χ4n) is 3.47. The normalized spacial score (nSPS) is 24.7. The molecule has 1 aromatic rings. The van der Waals surface area contributed by atoms with Crippen LogP contribution in [0.4, 0.5) is 0 Å². The van der Waals surface area contributed by atoms with Crippen LogP contribution in [-0.2, 0) is 16.3 Å². The summed E-state index contributed by atoms with van der Waals surface area (Å²) in [6, 6.07) is 4.06. The van der Waals surface area contributed by atoms with Crippen molar-refractivity contribution in [3.8, 4) is 0 Å². The number of hydrogen-bond acceptors (Lipinski definition) is 2. The molecule has 0 aromatic carbocycles. The van der Waals surface area contributed by atoms with Crippen LogP contribution in [0, 0.1) is 6.92 Å². The van der Waals surface area contributed by atoms with Crippen LogP contribution in [0.2, 0.25) is 0 Å². The minimum Gasteiger partial charge on any atom is -0.295 e. The van der Waals surface area contributed by atoms with Gasteiger partial charge in [0.25, 0.3) is 6.67 Å². The third-order valence-corrected chi connectivity index (χ3v) is 4.56. The van der Waals surface area contributed by atoms with Gasteiger partial charge in [0, 0.05) is 31.0 Å². The first-order valence-electron chi connectivity index (χ1n) is 7.72. The zero-order valence-electron chi connectivity index (χ0n) is 13.0. The number of nitrogens with zero attached hydrogens (tertiary/aromatic N) is 3. The van der Waals surface area contributed by atoms with Crippen molar-refractivity contribution >= 4 is 24.2 Å². The fraction of sp³-hybridized carbons (Fsp3) is 0.562. The molecule has 2 saturated heterocycles. The van der Waals surface area contributed by atoms with E-state index in [1.54, 1.807) is 0 Å². The molecule has 2 aliphatic heterocycles. The molecule has 120 valence electrons. The molecule has 0 radical (unpaired) electrons. The highest BCUT2D eigenvalue weighted by Gasteiger charge is 2.46. The molecule has 0 saturated carbocycles. The van der Waals surface area contributed by atoms with Gasteiger partial charge in [0.1, 0.15) is 0 Å². The number of carbonyl (C=O) groups is 2. The van der Waals surface area contributed by atoms with E-state index in [0.717, 1.165) is 25.9 Å². The lowest BCUT2D eigenvalue weighted by molar-refractivity contribution is -1.00. The molecule has 2 amide bonds. The molecule has 1 aromatic heterocycles. The monoisotopic (exact) mass is 325 g/mol. The van der Waals surface area contributed by atoms with Gasteiger partial charge in [-0.25, -0.2) is 4.79 Å². The van der Waals surface area contributed by atoms with Gasteiger partial charge in [0.15, 0.2) is 19.1 Å². The lowest BCUT2D eigenvalue weighted by Crippen LogP contribution is -2.61. The van der Waals surface area contributed by atoms with E-state index in [9.17, 15) is 9.59 Å². The second-order valence-electron chi connectivity index (χ2n) is 6.31. The van der Waals surface area contributed by atoms with Gasteiger partial charge in [0.05, 0.1) is 13.0 Å². The van der Waals surface area contributed by atoms with E-state index in [1.807, 2.05) is 17.2 Å². The summed E-state index contributed by atoms with van der Waals surface area (Å²) in [6.07, 6.45) is 7.18. The van der Waals surface area contributed by atoms with E-state index in [0.29, 0.717) is 30.7 Å². The Morgan fingerprint density at radius 1 is 1.27 bits per heavy atom. The maximum atomic E-state index is 12.5. The Hall–Kier alpha value is -1.46. The molecule has 3 rings (SSSR count). The van der Waals surface area contributed by atoms with Crippen molar-refractivity contribution in [3.05, 3.63) is 30.1 Å². The number of aryl methyl sites for hydroxylation is 1. The second-order valence-corrected chi connectivity index (χ2v) is 6.31. The lowest BCUT2D eigenvalue weighted by Gasteiger charge is -2.31. The topological polar surface area (TPSA) is 41.3 Å². The maximum absolute atomic E-state index is 12.5. The third kappa shape index (κ3) is 3.31. The van der Waals surface area contributed by atoms with E-state index in [1.165, 1.54) is 5.56 Å². The molecule has 5 nitrogen and oxygen atoms in total. The van der Waals surface area contributed by atoms with Crippen molar-refractivity contribution in [1.29, 1.82) is 0 Å². The Morgan fingerprint density at radius 2 is 2.09 bits per heavy atom. The fourth-order valence-corrected chi connectivity index (χ4v) is 3.47. The number of amides is 2. The van der Waals surface area contributed by atoms with Crippen molar-refractivity contribution in [1.82, 2.24) is 4.90 Å². The lowest BCUT2D eigenvalue weighted by atomic mass is 10.3. The highest BCUT2D eigenvalue weighted by molar-refractivity contribution is 5.85. The number of aromatic nitrogens is 1. The second kappa shape index (κ2) is 6.75. The van der Waals surface area contributed by atoms with Gasteiger partial charge < -0.3 is 0 Å². The Labute approximate surface area is 137 Å². The van der Waals surface area contributed by atoms with E-state index >= 15 is 0 Å². The molecular weight excluding hydrogens is 302 g/mol. The first-order valence-corrected chi connectivity index (χ1v) is 7.72. The number of pyridine rings is 1. The average Bonchev–Trinajstić information content (AvgIpc) is 2.98. The number of rotatable bonds is 4. The maximum Gasteiger partial charge on any atom is 0.320 e. The molecule has 0 N–H and O–H groups in total. The van der Waals surface area contributed by atoms with E-state index in [4.69, 9.17) is 0 Å². The van der Waals surface area contributed by atoms with Gasteiger partial charge in [-0.15, -0.1) is 12.4 Å². The van der Waals surface area contributed by atoms with E-state index < -0.39 is 0 Å². The molecule has 6 heteroatoms. The highest BCUT2D eigenvalue weighted by atomic mass is 35.5. The Bertz CT molecular complexity index is 578. The molecular formula is C16H24ClN3O2+2. The summed E-state index contributed by atoms with van der Waals surface area (Å²) in [5.41, 5.74) is 1.18. The summed E-state index contributed by atoms with van der Waals surface area (Å²) in [5.74, 6) is 0.463. The van der Waals surface area contributed by atoms with Crippen LogP contribution in [0.1, 0.15) is 31.2 Å². The Morgan fingerprint density at radius 3 is 2.68 bits per heavy atom. The number of halogens is 1. The summed E-state index contributed by atoms with van der Waals surface area (Å²) in [4.78, 5) is 26.3. The Kier molecular flexibility index (Phi) is 5.19. The average molecular weight is 326 g/mol. The van der Waals surface area contributed by atoms with Crippen molar-refractivity contribution in [3.63, 3.8) is 0 Å². The van der Waals surface area contributed by atoms with Crippen molar-refractivity contribution in [2.24, 2.45) is 0 Å². The number of carbonyl (C=O) groups excluding carboxylic acids is 2. The standard InChI is InChI=1S/C16H23N3O2.ClH/c1-14-5-2-8-17(11-14)12-19(10-4-7-16(19)21)13-18-9-3-6-15(18)20;/h2,5,8,11H,3-4,6-7,9-10,12-13H2,1H3;1H/q+2;. The predicted octanol–water partition coefficient (Wildman–Crippen LogP) is 1.38. The third-order valence-electron chi connectivity index (χ3n) is 4.56. The van der Waals surface area contributed by atoms with E-state index in [-0.39, 0.29) is 24.2 Å². The summed E-state index contributed by atoms with van der Waals surface area (Å²) in [5, 5.41) is 0. The van der Waals surface area contributed by atoms with Crippen LogP contribution in [0.15, 0.2) is 24.5 Å². The molecule has 1 atom stereocenters. The number of quaternary nitrogens is 1. The molecule has 0 aliphatic carbocycles. The van der Waals surface area contributed by atoms with Crippen LogP contribution in [0.5, 0.6) is 0 Å². The largest absolute Gasteiger partial charge is 0.320 e. The van der Waals surface area contributed by atoms with Crippen molar-refractivity contribution < 1.29 is 18.6 Å². The molecule has 1 unspecified atom stereocenters. The molecule has 2 aliphatic rings. The Balaban J connectivity index is 0.00000176. The van der Waals surface area contributed by atoms with Crippen LogP contribution in [0.25, 0.3) is 0 Å². The van der Waals surface area contributed by atoms with Gasteiger partial charge >= 0.3 is 5.91 Å². The zero-order valence-corrected chi connectivity index (χ0v) is 13.8. The van der Waals surface area contributed by atoms with E-state index in [2.05, 4.69) is 23.8 Å². The first-order chi connectivity index (χ1) is 10.1. The van der Waals surface area contributed by atoms with Gasteiger partial charge in [-0.1, -0.05) is 0 Å². The molecule has 0 spiro atoms. The summed E-state index contributed by atoms with van der Waals surface area (Å²) < 4.78 is 2.47. The molecule has 0 bridgehead atoms. The molecule has 3 heterocycles. The minimum absolute atomic E-state index is 0. The molecule has 22 heavy (non-hydrogen) atoms. The summed E-state index contributed by atoms with van der Waals surface area (Å²) in [7, 11) is 0. The quantitative estimate of drug-likeness (QED) is 0.620.